The van der Waals surface area contributed by atoms with Crippen LogP contribution in [-0.4, -0.2) is 57.1 Å². The van der Waals surface area contributed by atoms with E-state index in [0.29, 0.717) is 0 Å². The van der Waals surface area contributed by atoms with Crippen LogP contribution in [-0.2, 0) is 0 Å². The molecule has 0 radical (unpaired) electrons. The highest BCUT2D eigenvalue weighted by atomic mass is 15.1. The first kappa shape index (κ1) is 15.4. The lowest BCUT2D eigenvalue weighted by Gasteiger charge is -2.11. The van der Waals surface area contributed by atoms with Gasteiger partial charge in [-0.15, -0.1) is 0 Å². The predicted octanol–water partition coefficient (Wildman–Crippen LogP) is 0.855. The van der Waals surface area contributed by atoms with E-state index in [1.807, 2.05) is 0 Å². The Morgan fingerprint density at radius 2 is 1.46 bits per heavy atom. The van der Waals surface area contributed by atoms with E-state index in [1.54, 1.807) is 0 Å². The van der Waals surface area contributed by atoms with E-state index in [-0.39, 0.29) is 0 Å². The largest absolute Gasteiger partial charge is 0.330 e. The van der Waals surface area contributed by atoms with Gasteiger partial charge in [-0.2, -0.15) is 0 Å². The summed E-state index contributed by atoms with van der Waals surface area (Å²) in [7, 11) is 6.22. The van der Waals surface area contributed by atoms with Gasteiger partial charge in [0.25, 0.3) is 0 Å². The summed E-state index contributed by atoms with van der Waals surface area (Å²) < 4.78 is 0. The van der Waals surface area contributed by atoms with Crippen LogP contribution in [0.5, 0.6) is 0 Å². The maximum Gasteiger partial charge on any atom is -0.000988 e. The molecule has 0 aromatic carbocycles. The number of hydrogen-bond donors (Lipinski definition) is 1. The van der Waals surface area contributed by atoms with Crippen LogP contribution < -0.4 is 5.73 Å². The fourth-order valence-electron chi connectivity index (χ4n) is 0.519. The molecule has 0 spiro atoms. The lowest BCUT2D eigenvalue weighted by atomic mass is 10.4. The van der Waals surface area contributed by atoms with Gasteiger partial charge in [0.15, 0.2) is 0 Å². The average molecular weight is 189 g/mol. The molecular formula is C10H27N3. The van der Waals surface area contributed by atoms with Crippen molar-refractivity contribution in [1.29, 1.82) is 0 Å². The van der Waals surface area contributed by atoms with Crippen LogP contribution in [0, 0.1) is 0 Å². The van der Waals surface area contributed by atoms with Crippen LogP contribution in [0.2, 0.25) is 0 Å². The van der Waals surface area contributed by atoms with E-state index in [0.717, 1.165) is 32.6 Å². The predicted molar refractivity (Wildman–Crippen MR) is 61.1 cm³/mol. The van der Waals surface area contributed by atoms with Crippen molar-refractivity contribution < 1.29 is 0 Å². The third kappa shape index (κ3) is 18.7. The first-order valence-corrected chi connectivity index (χ1v) is 5.11. The first-order valence-electron chi connectivity index (χ1n) is 5.11. The van der Waals surface area contributed by atoms with E-state index in [9.17, 15) is 0 Å². The number of rotatable bonds is 5. The average Bonchev–Trinajstić information content (AvgIpc) is 2.15. The van der Waals surface area contributed by atoms with Crippen LogP contribution >= 0.6 is 0 Å². The summed E-state index contributed by atoms with van der Waals surface area (Å²) in [6.45, 7) is 8.48. The fraction of sp³-hybridized carbons (Fsp3) is 1.00. The molecule has 0 saturated heterocycles. The lowest BCUT2D eigenvalue weighted by Crippen LogP contribution is -2.20. The van der Waals surface area contributed by atoms with Crippen molar-refractivity contribution in [2.24, 2.45) is 5.73 Å². The van der Waals surface area contributed by atoms with Crippen LogP contribution in [0.4, 0.5) is 0 Å². The van der Waals surface area contributed by atoms with Crippen molar-refractivity contribution in [2.45, 2.75) is 20.3 Å². The summed E-state index contributed by atoms with van der Waals surface area (Å²) in [5, 5.41) is 0. The van der Waals surface area contributed by atoms with Gasteiger partial charge in [0.2, 0.25) is 0 Å². The summed E-state index contributed by atoms with van der Waals surface area (Å²) in [4.78, 5) is 4.38. The van der Waals surface area contributed by atoms with Gasteiger partial charge in [0.05, 0.1) is 0 Å². The zero-order valence-corrected chi connectivity index (χ0v) is 10.0. The normalized spacial score (nSPS) is 10.2. The number of nitrogens with two attached hydrogens (primary N) is 1. The molecule has 0 atom stereocenters. The van der Waals surface area contributed by atoms with Gasteiger partial charge >= 0.3 is 0 Å². The third-order valence-electron chi connectivity index (χ3n) is 1.92. The maximum absolute atomic E-state index is 5.30. The van der Waals surface area contributed by atoms with Gasteiger partial charge in [-0.05, 0) is 53.7 Å². The van der Waals surface area contributed by atoms with Crippen molar-refractivity contribution in [3.63, 3.8) is 0 Å². The minimum Gasteiger partial charge on any atom is -0.330 e. The molecule has 0 aromatic rings. The number of hydrogen-bond acceptors (Lipinski definition) is 3. The fourth-order valence-corrected chi connectivity index (χ4v) is 0.519. The monoisotopic (exact) mass is 189 g/mol. The van der Waals surface area contributed by atoms with Crippen LogP contribution in [0.1, 0.15) is 20.3 Å². The molecule has 0 saturated carbocycles. The Morgan fingerprint density at radius 1 is 1.00 bits per heavy atom. The van der Waals surface area contributed by atoms with E-state index < -0.39 is 0 Å². The summed E-state index contributed by atoms with van der Waals surface area (Å²) in [5.41, 5.74) is 5.30. The van der Waals surface area contributed by atoms with Crippen molar-refractivity contribution in [3.8, 4) is 0 Å². The molecule has 0 bridgehead atoms. The van der Waals surface area contributed by atoms with E-state index in [1.165, 1.54) is 0 Å². The molecule has 82 valence electrons. The van der Waals surface area contributed by atoms with Crippen molar-refractivity contribution in [3.05, 3.63) is 0 Å². The van der Waals surface area contributed by atoms with E-state index in [4.69, 9.17) is 5.73 Å². The molecule has 0 fully saturated rings. The zero-order chi connectivity index (χ0) is 10.7. The topological polar surface area (TPSA) is 32.5 Å². The molecule has 2 N–H and O–H groups in total. The van der Waals surface area contributed by atoms with Crippen molar-refractivity contribution >= 4 is 0 Å². The van der Waals surface area contributed by atoms with E-state index >= 15 is 0 Å². The highest BCUT2D eigenvalue weighted by molar-refractivity contribution is 4.46. The minimum absolute atomic E-state index is 0.810. The highest BCUT2D eigenvalue weighted by Crippen LogP contribution is 1.82. The van der Waals surface area contributed by atoms with Gasteiger partial charge < -0.3 is 15.5 Å². The standard InChI is InChI=1S/C6H16N2.C4H11N/c1-3-8(2)6-4-5-7;1-4-5(2)3/h3-7H2,1-2H3;4H2,1-3H3. The Morgan fingerprint density at radius 3 is 1.69 bits per heavy atom. The molecule has 0 aromatic heterocycles. The Balaban J connectivity index is 0. The molecule has 0 aliphatic rings. The number of nitrogens with zero attached hydrogens (tertiary/aromatic N) is 2. The molecule has 0 rings (SSSR count). The smallest absolute Gasteiger partial charge is 0.000988 e. The second-order valence-electron chi connectivity index (χ2n) is 3.43. The summed E-state index contributed by atoms with van der Waals surface area (Å²) >= 11 is 0. The second kappa shape index (κ2) is 11.9. The Labute approximate surface area is 83.9 Å². The molecule has 13 heavy (non-hydrogen) atoms. The Bertz CT molecular complexity index is 84.2. The molecule has 3 heteroatoms. The summed E-state index contributed by atoms with van der Waals surface area (Å²) in [6, 6.07) is 0. The Hall–Kier alpha value is -0.120. The van der Waals surface area contributed by atoms with Gasteiger partial charge in [0.1, 0.15) is 0 Å². The first-order chi connectivity index (χ1) is 6.08. The van der Waals surface area contributed by atoms with Crippen LogP contribution in [0.3, 0.4) is 0 Å². The van der Waals surface area contributed by atoms with E-state index in [2.05, 4.69) is 44.8 Å². The van der Waals surface area contributed by atoms with Gasteiger partial charge in [-0.25, -0.2) is 0 Å². The molecule has 0 aliphatic carbocycles. The molecule has 0 amide bonds. The van der Waals surface area contributed by atoms with Crippen molar-refractivity contribution in [2.75, 3.05) is 47.3 Å². The second-order valence-corrected chi connectivity index (χ2v) is 3.43. The molecule has 0 aliphatic heterocycles. The SMILES string of the molecule is CCN(C)C.CCN(C)CCCN. The van der Waals surface area contributed by atoms with Gasteiger partial charge in [0, 0.05) is 0 Å². The third-order valence-corrected chi connectivity index (χ3v) is 1.92. The van der Waals surface area contributed by atoms with Crippen LogP contribution in [0.25, 0.3) is 0 Å². The summed E-state index contributed by atoms with van der Waals surface area (Å²) in [6.07, 6.45) is 1.12. The highest BCUT2D eigenvalue weighted by Gasteiger charge is 1.89. The Kier molecular flexibility index (Phi) is 14.0. The quantitative estimate of drug-likeness (QED) is 0.696. The lowest BCUT2D eigenvalue weighted by molar-refractivity contribution is 0.349. The maximum atomic E-state index is 5.30. The minimum atomic E-state index is 0.810. The molecule has 0 heterocycles. The molecule has 3 nitrogen and oxygen atoms in total. The zero-order valence-electron chi connectivity index (χ0n) is 10.0. The van der Waals surface area contributed by atoms with Crippen LogP contribution in [0.15, 0.2) is 0 Å². The van der Waals surface area contributed by atoms with Gasteiger partial charge in [-0.1, -0.05) is 13.8 Å². The van der Waals surface area contributed by atoms with Crippen molar-refractivity contribution in [1.82, 2.24) is 9.80 Å². The molecular weight excluding hydrogens is 162 g/mol. The molecule has 0 unspecified atom stereocenters. The summed E-state index contributed by atoms with van der Waals surface area (Å²) in [5.74, 6) is 0. The van der Waals surface area contributed by atoms with Gasteiger partial charge in [-0.3, -0.25) is 0 Å².